The largest absolute Gasteiger partial charge is 0.472 e. The first kappa shape index (κ1) is 53.2. The number of phosphoric acid groups is 1. The number of carbonyl (C=O) groups is 2. The summed E-state index contributed by atoms with van der Waals surface area (Å²) in [5, 5.41) is 18.3. The molecule has 0 aliphatic rings. The SMILES string of the molecule is CCCCCC=CCC=CCC=CCCCCCCC(=O)OC(COC(=O)CCCCCCCCCCCCCCCCC)COP(=O)(O)OCC(O)CO. The number of carbonyl (C=O) groups excluding carboxylic acids is 2. The van der Waals surface area contributed by atoms with Crippen LogP contribution < -0.4 is 0 Å². The zero-order valence-corrected chi connectivity index (χ0v) is 35.8. The Morgan fingerprint density at radius 1 is 0.545 bits per heavy atom. The molecule has 3 N–H and O–H groups in total. The Kier molecular flexibility index (Phi) is 39.1. The van der Waals surface area contributed by atoms with E-state index in [2.05, 4.69) is 54.8 Å². The summed E-state index contributed by atoms with van der Waals surface area (Å²) in [6.45, 7) is 2.34. The smallest absolute Gasteiger partial charge is 0.462 e. The maximum atomic E-state index is 12.6. The Hall–Kier alpha value is -1.81. The van der Waals surface area contributed by atoms with Gasteiger partial charge in [0.1, 0.15) is 12.7 Å². The second kappa shape index (κ2) is 40.4. The summed E-state index contributed by atoms with van der Waals surface area (Å²) in [4.78, 5) is 35.0. The van der Waals surface area contributed by atoms with Crippen molar-refractivity contribution >= 4 is 19.8 Å². The molecule has 3 unspecified atom stereocenters. The fourth-order valence-corrected chi connectivity index (χ4v) is 6.67. The number of esters is 2. The van der Waals surface area contributed by atoms with Crippen molar-refractivity contribution in [2.45, 2.75) is 206 Å². The molecule has 0 aliphatic carbocycles. The third kappa shape index (κ3) is 40.2. The second-order valence-electron chi connectivity index (χ2n) is 14.7. The van der Waals surface area contributed by atoms with Crippen molar-refractivity contribution in [2.24, 2.45) is 0 Å². The van der Waals surface area contributed by atoms with Gasteiger partial charge in [-0.05, 0) is 51.4 Å². The average molecular weight is 801 g/mol. The quantitative estimate of drug-likeness (QED) is 0.0236. The van der Waals surface area contributed by atoms with Crippen molar-refractivity contribution in [1.82, 2.24) is 0 Å². The normalized spacial score (nSPS) is 14.2. The molecular weight excluding hydrogens is 719 g/mol. The van der Waals surface area contributed by atoms with Gasteiger partial charge in [0.05, 0.1) is 19.8 Å². The fourth-order valence-electron chi connectivity index (χ4n) is 5.88. The predicted molar refractivity (Wildman–Crippen MR) is 224 cm³/mol. The van der Waals surface area contributed by atoms with Gasteiger partial charge in [-0.2, -0.15) is 0 Å². The van der Waals surface area contributed by atoms with E-state index in [1.165, 1.54) is 96.3 Å². The van der Waals surface area contributed by atoms with Crippen LogP contribution in [-0.2, 0) is 32.7 Å². The van der Waals surface area contributed by atoms with E-state index in [1.54, 1.807) is 0 Å². The van der Waals surface area contributed by atoms with Crippen molar-refractivity contribution in [3.8, 4) is 0 Å². The van der Waals surface area contributed by atoms with E-state index in [4.69, 9.17) is 19.1 Å². The summed E-state index contributed by atoms with van der Waals surface area (Å²) in [6, 6.07) is 0. The number of aliphatic hydroxyl groups is 2. The molecule has 0 amide bonds. The number of hydrogen-bond donors (Lipinski definition) is 3. The molecule has 55 heavy (non-hydrogen) atoms. The second-order valence-corrected chi connectivity index (χ2v) is 16.2. The van der Waals surface area contributed by atoms with E-state index in [0.717, 1.165) is 57.8 Å². The van der Waals surface area contributed by atoms with Gasteiger partial charge >= 0.3 is 19.8 Å². The molecule has 0 spiro atoms. The zero-order valence-electron chi connectivity index (χ0n) is 34.9. The molecule has 10 nitrogen and oxygen atoms in total. The van der Waals surface area contributed by atoms with Crippen LogP contribution in [0.4, 0.5) is 0 Å². The maximum Gasteiger partial charge on any atom is 0.472 e. The highest BCUT2D eigenvalue weighted by Crippen LogP contribution is 2.43. The highest BCUT2D eigenvalue weighted by molar-refractivity contribution is 7.47. The minimum absolute atomic E-state index is 0.160. The lowest BCUT2D eigenvalue weighted by Gasteiger charge is -2.20. The summed E-state index contributed by atoms with van der Waals surface area (Å²) in [6.07, 6.45) is 41.0. The van der Waals surface area contributed by atoms with Crippen molar-refractivity contribution in [1.29, 1.82) is 0 Å². The van der Waals surface area contributed by atoms with E-state index in [0.29, 0.717) is 12.8 Å². The molecule has 0 radical (unpaired) electrons. The molecule has 0 saturated carbocycles. The monoisotopic (exact) mass is 801 g/mol. The summed E-state index contributed by atoms with van der Waals surface area (Å²) < 4.78 is 32.7. The van der Waals surface area contributed by atoms with Crippen LogP contribution in [0.3, 0.4) is 0 Å². The van der Waals surface area contributed by atoms with Crippen LogP contribution in [0.1, 0.15) is 194 Å². The minimum atomic E-state index is -4.62. The van der Waals surface area contributed by atoms with E-state index in [9.17, 15) is 24.2 Å². The molecule has 0 aliphatic heterocycles. The molecule has 0 rings (SSSR count). The first-order chi connectivity index (χ1) is 26.7. The first-order valence-corrected chi connectivity index (χ1v) is 23.4. The lowest BCUT2D eigenvalue weighted by atomic mass is 10.0. The molecule has 0 saturated heterocycles. The molecule has 0 fully saturated rings. The molecule has 322 valence electrons. The minimum Gasteiger partial charge on any atom is -0.462 e. The van der Waals surface area contributed by atoms with Crippen LogP contribution in [-0.4, -0.2) is 65.7 Å². The lowest BCUT2D eigenvalue weighted by Crippen LogP contribution is -2.29. The van der Waals surface area contributed by atoms with Crippen LogP contribution in [0, 0.1) is 0 Å². The van der Waals surface area contributed by atoms with Gasteiger partial charge in [0.25, 0.3) is 0 Å². The fraction of sp³-hybridized carbons (Fsp3) is 0.818. The van der Waals surface area contributed by atoms with Gasteiger partial charge in [0, 0.05) is 12.8 Å². The average Bonchev–Trinajstić information content (AvgIpc) is 3.17. The third-order valence-electron chi connectivity index (χ3n) is 9.30. The number of aliphatic hydroxyl groups excluding tert-OH is 2. The Balaban J connectivity index is 4.33. The molecule has 0 aromatic heterocycles. The predicted octanol–water partition coefficient (Wildman–Crippen LogP) is 11.6. The molecule has 11 heteroatoms. The first-order valence-electron chi connectivity index (χ1n) is 21.9. The maximum absolute atomic E-state index is 12.6. The number of allylic oxidation sites excluding steroid dienone is 6. The van der Waals surface area contributed by atoms with Crippen LogP contribution >= 0.6 is 7.82 Å². The van der Waals surface area contributed by atoms with Gasteiger partial charge in [-0.25, -0.2) is 4.57 Å². The van der Waals surface area contributed by atoms with Gasteiger partial charge < -0.3 is 24.6 Å². The molecule has 0 aromatic carbocycles. The molecular formula is C44H81O10P. The van der Waals surface area contributed by atoms with Crippen molar-refractivity contribution in [2.75, 3.05) is 26.4 Å². The van der Waals surface area contributed by atoms with E-state index in [-0.39, 0.29) is 19.4 Å². The van der Waals surface area contributed by atoms with Gasteiger partial charge in [-0.15, -0.1) is 0 Å². The van der Waals surface area contributed by atoms with Crippen LogP contribution in [0.15, 0.2) is 36.5 Å². The van der Waals surface area contributed by atoms with Gasteiger partial charge in [-0.1, -0.05) is 166 Å². The van der Waals surface area contributed by atoms with Gasteiger partial charge in [-0.3, -0.25) is 18.6 Å². The third-order valence-corrected chi connectivity index (χ3v) is 10.2. The highest BCUT2D eigenvalue weighted by Gasteiger charge is 2.27. The summed E-state index contributed by atoms with van der Waals surface area (Å²) in [5.41, 5.74) is 0. The lowest BCUT2D eigenvalue weighted by molar-refractivity contribution is -0.161. The Morgan fingerprint density at radius 2 is 0.945 bits per heavy atom. The van der Waals surface area contributed by atoms with E-state index in [1.807, 2.05) is 0 Å². The number of phosphoric ester groups is 1. The van der Waals surface area contributed by atoms with Crippen LogP contribution in [0.5, 0.6) is 0 Å². The number of hydrogen-bond acceptors (Lipinski definition) is 9. The van der Waals surface area contributed by atoms with Crippen molar-refractivity contribution < 1.29 is 47.8 Å². The number of ether oxygens (including phenoxy) is 2. The van der Waals surface area contributed by atoms with Crippen molar-refractivity contribution in [3.05, 3.63) is 36.5 Å². The molecule has 0 aromatic rings. The van der Waals surface area contributed by atoms with E-state index >= 15 is 0 Å². The summed E-state index contributed by atoms with van der Waals surface area (Å²) >= 11 is 0. The summed E-state index contributed by atoms with van der Waals surface area (Å²) in [5.74, 6) is -0.945. The molecule has 0 bridgehead atoms. The molecule has 0 heterocycles. The standard InChI is InChI=1S/C44H81O10P/c1-3-5-7-9-11-13-15-17-19-20-22-24-26-28-30-32-34-36-44(48)54-42(40-53-55(49,50)52-38-41(46)37-45)39-51-43(47)35-33-31-29-27-25-23-21-18-16-14-12-10-8-6-4-2/h11,13,17,19,22,24,41-42,45-46H,3-10,12,14-16,18,20-21,23,25-40H2,1-2H3,(H,49,50). The zero-order chi connectivity index (χ0) is 40.5. The Labute approximate surface area is 335 Å². The number of rotatable bonds is 41. The highest BCUT2D eigenvalue weighted by atomic mass is 31.2. The van der Waals surface area contributed by atoms with Crippen molar-refractivity contribution in [3.63, 3.8) is 0 Å². The Bertz CT molecular complexity index is 1010. The van der Waals surface area contributed by atoms with Crippen LogP contribution in [0.2, 0.25) is 0 Å². The molecule has 3 atom stereocenters. The Morgan fingerprint density at radius 3 is 1.45 bits per heavy atom. The summed E-state index contributed by atoms with van der Waals surface area (Å²) in [7, 11) is -4.62. The van der Waals surface area contributed by atoms with Crippen LogP contribution in [0.25, 0.3) is 0 Å². The van der Waals surface area contributed by atoms with Gasteiger partial charge in [0.2, 0.25) is 0 Å². The van der Waals surface area contributed by atoms with Gasteiger partial charge in [0.15, 0.2) is 6.10 Å². The topological polar surface area (TPSA) is 149 Å². The number of unbranched alkanes of at least 4 members (excludes halogenated alkanes) is 21. The van der Waals surface area contributed by atoms with E-state index < -0.39 is 51.8 Å².